The second-order valence-electron chi connectivity index (χ2n) is 4.60. The monoisotopic (exact) mass is 307 g/mol. The van der Waals surface area contributed by atoms with Gasteiger partial charge in [-0.1, -0.05) is 28.1 Å². The van der Waals surface area contributed by atoms with Crippen LogP contribution < -0.4 is 0 Å². The van der Waals surface area contributed by atoms with E-state index in [4.69, 9.17) is 0 Å². The highest BCUT2D eigenvalue weighted by Gasteiger charge is 2.28. The second-order valence-corrected chi connectivity index (χ2v) is 5.51. The molecule has 3 rings (SSSR count). The van der Waals surface area contributed by atoms with Gasteiger partial charge in [0.1, 0.15) is 12.4 Å². The van der Waals surface area contributed by atoms with Crippen molar-refractivity contribution in [2.45, 2.75) is 31.9 Å². The first-order valence-corrected chi connectivity index (χ1v) is 6.85. The van der Waals surface area contributed by atoms with Crippen molar-refractivity contribution >= 4 is 15.9 Å². The maximum absolute atomic E-state index is 9.29. The smallest absolute Gasteiger partial charge is 0.159 e. The molecule has 1 aliphatic rings. The number of aliphatic hydroxyl groups is 1. The van der Waals surface area contributed by atoms with E-state index in [0.29, 0.717) is 11.9 Å². The van der Waals surface area contributed by atoms with E-state index in [0.717, 1.165) is 29.6 Å². The van der Waals surface area contributed by atoms with Crippen molar-refractivity contribution in [2.75, 3.05) is 0 Å². The number of hydrogen-bond donors (Lipinski definition) is 1. The van der Waals surface area contributed by atoms with Gasteiger partial charge < -0.3 is 9.67 Å². The largest absolute Gasteiger partial charge is 0.388 e. The molecule has 0 unspecified atom stereocenters. The molecule has 18 heavy (non-hydrogen) atoms. The molecule has 0 amide bonds. The third kappa shape index (κ3) is 2.33. The lowest BCUT2D eigenvalue weighted by Gasteiger charge is -2.07. The predicted molar refractivity (Wildman–Crippen MR) is 71.2 cm³/mol. The van der Waals surface area contributed by atoms with Gasteiger partial charge in [-0.2, -0.15) is 0 Å². The Labute approximate surface area is 114 Å². The van der Waals surface area contributed by atoms with Crippen LogP contribution in [0, 0.1) is 0 Å². The Morgan fingerprint density at radius 3 is 2.72 bits per heavy atom. The average Bonchev–Trinajstić information content (AvgIpc) is 3.11. The lowest BCUT2D eigenvalue weighted by molar-refractivity contribution is 0.264. The van der Waals surface area contributed by atoms with Gasteiger partial charge in [-0.25, -0.2) is 0 Å². The highest BCUT2D eigenvalue weighted by atomic mass is 79.9. The fourth-order valence-corrected chi connectivity index (χ4v) is 2.62. The molecular formula is C13H14BrN3O. The van der Waals surface area contributed by atoms with Gasteiger partial charge in [0.15, 0.2) is 5.82 Å². The molecule has 1 saturated carbocycles. The topological polar surface area (TPSA) is 50.9 Å². The Hall–Kier alpha value is -1.20. The molecule has 0 saturated heterocycles. The van der Waals surface area contributed by atoms with E-state index in [-0.39, 0.29) is 6.61 Å². The van der Waals surface area contributed by atoms with E-state index < -0.39 is 0 Å². The molecule has 1 aliphatic carbocycles. The zero-order chi connectivity index (χ0) is 12.5. The highest BCUT2D eigenvalue weighted by molar-refractivity contribution is 9.10. The number of benzene rings is 1. The Balaban J connectivity index is 1.90. The Kier molecular flexibility index (Phi) is 3.18. The fraction of sp³-hybridized carbons (Fsp3) is 0.385. The first-order chi connectivity index (χ1) is 8.78. The summed E-state index contributed by atoms with van der Waals surface area (Å²) in [7, 11) is 0. The number of nitrogens with zero attached hydrogens (tertiary/aromatic N) is 3. The van der Waals surface area contributed by atoms with Crippen molar-refractivity contribution in [3.8, 4) is 0 Å². The summed E-state index contributed by atoms with van der Waals surface area (Å²) in [6, 6.07) is 8.68. The maximum atomic E-state index is 9.29. The lowest BCUT2D eigenvalue weighted by atomic mass is 10.1. The quantitative estimate of drug-likeness (QED) is 0.944. The van der Waals surface area contributed by atoms with Crippen LogP contribution in [0.2, 0.25) is 0 Å². The normalized spacial score (nSPS) is 15.0. The van der Waals surface area contributed by atoms with E-state index >= 15 is 0 Å². The van der Waals surface area contributed by atoms with Crippen molar-refractivity contribution in [3.63, 3.8) is 0 Å². The molecule has 1 heterocycles. The van der Waals surface area contributed by atoms with Crippen molar-refractivity contribution in [2.24, 2.45) is 0 Å². The highest BCUT2D eigenvalue weighted by Crippen LogP contribution is 2.37. The van der Waals surface area contributed by atoms with E-state index in [1.807, 2.05) is 12.1 Å². The maximum Gasteiger partial charge on any atom is 0.159 e. The Morgan fingerprint density at radius 1 is 1.28 bits per heavy atom. The minimum atomic E-state index is -0.0397. The molecule has 0 radical (unpaired) electrons. The predicted octanol–water partition coefficient (Wildman–Crippen LogP) is 2.46. The molecular weight excluding hydrogens is 294 g/mol. The molecule has 1 N–H and O–H groups in total. The van der Waals surface area contributed by atoms with Crippen molar-refractivity contribution < 1.29 is 5.11 Å². The van der Waals surface area contributed by atoms with Crippen LogP contribution in [0.3, 0.4) is 0 Å². The van der Waals surface area contributed by atoms with Gasteiger partial charge in [0.25, 0.3) is 0 Å². The van der Waals surface area contributed by atoms with Gasteiger partial charge in [0, 0.05) is 16.9 Å². The minimum Gasteiger partial charge on any atom is -0.388 e. The Morgan fingerprint density at radius 2 is 2.06 bits per heavy atom. The van der Waals surface area contributed by atoms with Gasteiger partial charge in [0.2, 0.25) is 0 Å². The molecule has 4 nitrogen and oxygen atoms in total. The number of aliphatic hydroxyl groups excluding tert-OH is 1. The third-order valence-corrected chi connectivity index (χ3v) is 3.63. The molecule has 0 aliphatic heterocycles. The molecule has 1 aromatic carbocycles. The lowest BCUT2D eigenvalue weighted by Crippen LogP contribution is -2.06. The van der Waals surface area contributed by atoms with Gasteiger partial charge in [-0.15, -0.1) is 10.2 Å². The van der Waals surface area contributed by atoms with Crippen LogP contribution in [0.1, 0.15) is 36.1 Å². The minimum absolute atomic E-state index is 0.0397. The van der Waals surface area contributed by atoms with E-state index in [1.54, 1.807) is 0 Å². The summed E-state index contributed by atoms with van der Waals surface area (Å²) in [5, 5.41) is 17.6. The van der Waals surface area contributed by atoms with Crippen molar-refractivity contribution in [1.29, 1.82) is 0 Å². The van der Waals surface area contributed by atoms with Gasteiger partial charge in [-0.3, -0.25) is 0 Å². The SMILES string of the molecule is OCc1nnc(Cc2cccc(Br)c2)n1C1CC1. The van der Waals surface area contributed by atoms with Gasteiger partial charge in [0.05, 0.1) is 0 Å². The Bertz CT molecular complexity index is 563. The zero-order valence-electron chi connectivity index (χ0n) is 9.88. The fourth-order valence-electron chi connectivity index (χ4n) is 2.17. The van der Waals surface area contributed by atoms with Crippen LogP contribution in [0.25, 0.3) is 0 Å². The van der Waals surface area contributed by atoms with Crippen LogP contribution in [-0.2, 0) is 13.0 Å². The molecule has 0 atom stereocenters. The second kappa shape index (κ2) is 4.82. The molecule has 1 aromatic heterocycles. The van der Waals surface area contributed by atoms with Crippen LogP contribution in [0.5, 0.6) is 0 Å². The third-order valence-electron chi connectivity index (χ3n) is 3.14. The van der Waals surface area contributed by atoms with Gasteiger partial charge in [-0.05, 0) is 30.5 Å². The van der Waals surface area contributed by atoms with Crippen LogP contribution in [0.4, 0.5) is 0 Å². The summed E-state index contributed by atoms with van der Waals surface area (Å²) >= 11 is 3.47. The van der Waals surface area contributed by atoms with Gasteiger partial charge >= 0.3 is 0 Å². The first kappa shape index (κ1) is 11.9. The number of hydrogen-bond acceptors (Lipinski definition) is 3. The van der Waals surface area contributed by atoms with Crippen LogP contribution in [0.15, 0.2) is 28.7 Å². The summed E-state index contributed by atoms with van der Waals surface area (Å²) in [5.74, 6) is 1.63. The summed E-state index contributed by atoms with van der Waals surface area (Å²) in [6.45, 7) is -0.0397. The molecule has 94 valence electrons. The van der Waals surface area contributed by atoms with Crippen LogP contribution >= 0.6 is 15.9 Å². The summed E-state index contributed by atoms with van der Waals surface area (Å²) in [4.78, 5) is 0. The van der Waals surface area contributed by atoms with Crippen LogP contribution in [-0.4, -0.2) is 19.9 Å². The standard InChI is InChI=1S/C13H14BrN3O/c14-10-3-1-2-9(6-10)7-12-15-16-13(8-18)17(12)11-4-5-11/h1-3,6,11,18H,4-5,7-8H2. The summed E-state index contributed by atoms with van der Waals surface area (Å²) < 4.78 is 3.17. The first-order valence-electron chi connectivity index (χ1n) is 6.06. The average molecular weight is 308 g/mol. The number of halogens is 1. The number of rotatable bonds is 4. The summed E-state index contributed by atoms with van der Waals surface area (Å²) in [5.41, 5.74) is 1.20. The zero-order valence-corrected chi connectivity index (χ0v) is 11.5. The van der Waals surface area contributed by atoms with E-state index in [2.05, 4.69) is 42.8 Å². The molecule has 2 aromatic rings. The van der Waals surface area contributed by atoms with E-state index in [1.165, 1.54) is 5.56 Å². The molecule has 5 heteroatoms. The molecule has 0 spiro atoms. The molecule has 1 fully saturated rings. The van der Waals surface area contributed by atoms with E-state index in [9.17, 15) is 5.11 Å². The van der Waals surface area contributed by atoms with Crippen molar-refractivity contribution in [3.05, 3.63) is 46.0 Å². The summed E-state index contributed by atoms with van der Waals surface area (Å²) in [6.07, 6.45) is 3.08. The number of aromatic nitrogens is 3. The van der Waals surface area contributed by atoms with Crippen molar-refractivity contribution in [1.82, 2.24) is 14.8 Å². The molecule has 0 bridgehead atoms.